The summed E-state index contributed by atoms with van der Waals surface area (Å²) in [5.74, 6) is -0.921. The minimum absolute atomic E-state index is 0.0350. The molecule has 0 saturated carbocycles. The average molecular weight is 518 g/mol. The lowest BCUT2D eigenvalue weighted by atomic mass is 9.95. The standard InChI is InChI=1S/C29H32FN5O3/c1-18(2)19-9-11-21(12-10-19)26(20-7-4-3-5-8-20)32-28(37)24-15-22(30)17-34(24)29(38)23-16-25-27(36)31-13-6-14-35(25)33-23/h3-5,7-12,16,18,22,24,26H,6,13-15,17H2,1-2H3,(H,31,36)(H,32,37). The number of rotatable bonds is 6. The van der Waals surface area contributed by atoms with E-state index in [0.29, 0.717) is 25.4 Å². The highest BCUT2D eigenvalue weighted by atomic mass is 19.1. The average Bonchev–Trinajstić information content (AvgIpc) is 3.49. The van der Waals surface area contributed by atoms with E-state index in [9.17, 15) is 18.8 Å². The van der Waals surface area contributed by atoms with Gasteiger partial charge in [-0.15, -0.1) is 0 Å². The monoisotopic (exact) mass is 517 g/mol. The number of benzene rings is 2. The minimum atomic E-state index is -1.33. The molecule has 9 heteroatoms. The fourth-order valence-electron chi connectivity index (χ4n) is 5.12. The largest absolute Gasteiger partial charge is 0.351 e. The Kier molecular flexibility index (Phi) is 7.26. The Hall–Kier alpha value is -4.01. The van der Waals surface area contributed by atoms with Gasteiger partial charge in [0.2, 0.25) is 5.91 Å². The number of aryl methyl sites for hydroxylation is 1. The van der Waals surface area contributed by atoms with Gasteiger partial charge in [0, 0.05) is 25.6 Å². The molecule has 1 fully saturated rings. The van der Waals surface area contributed by atoms with Crippen LogP contribution >= 0.6 is 0 Å². The second-order valence-electron chi connectivity index (χ2n) is 10.2. The Labute approximate surface area is 221 Å². The number of aromatic nitrogens is 2. The number of nitrogens with zero attached hydrogens (tertiary/aromatic N) is 3. The molecule has 0 aliphatic carbocycles. The Morgan fingerprint density at radius 2 is 1.74 bits per heavy atom. The fraction of sp³-hybridized carbons (Fsp3) is 0.379. The van der Waals surface area contributed by atoms with Crippen LogP contribution < -0.4 is 10.6 Å². The third kappa shape index (κ3) is 5.18. The van der Waals surface area contributed by atoms with Gasteiger partial charge in [-0.3, -0.25) is 19.1 Å². The number of hydrogen-bond donors (Lipinski definition) is 2. The first kappa shape index (κ1) is 25.6. The molecular weight excluding hydrogens is 485 g/mol. The quantitative estimate of drug-likeness (QED) is 0.522. The molecule has 8 nitrogen and oxygen atoms in total. The van der Waals surface area contributed by atoms with Gasteiger partial charge in [-0.2, -0.15) is 5.10 Å². The molecule has 3 aromatic rings. The summed E-state index contributed by atoms with van der Waals surface area (Å²) in [7, 11) is 0. The SMILES string of the molecule is CC(C)c1ccc(C(NC(=O)C2CC(F)CN2C(=O)c2cc3n(n2)CCCNC3=O)c2ccccc2)cc1. The van der Waals surface area contributed by atoms with E-state index in [-0.39, 0.29) is 30.3 Å². The molecule has 1 saturated heterocycles. The van der Waals surface area contributed by atoms with Crippen molar-refractivity contribution < 1.29 is 18.8 Å². The summed E-state index contributed by atoms with van der Waals surface area (Å²) < 4.78 is 16.1. The number of fused-ring (bicyclic) bond motifs is 1. The van der Waals surface area contributed by atoms with Gasteiger partial charge in [0.25, 0.3) is 11.8 Å². The minimum Gasteiger partial charge on any atom is -0.351 e. The number of amides is 3. The van der Waals surface area contributed by atoms with Crippen LogP contribution in [0.4, 0.5) is 4.39 Å². The van der Waals surface area contributed by atoms with Crippen molar-refractivity contribution in [2.75, 3.05) is 13.1 Å². The maximum absolute atomic E-state index is 14.6. The number of carbonyl (C=O) groups is 3. The molecule has 5 rings (SSSR count). The predicted octanol–water partition coefficient (Wildman–Crippen LogP) is 3.60. The number of nitrogens with one attached hydrogen (secondary N) is 2. The van der Waals surface area contributed by atoms with E-state index in [2.05, 4.69) is 29.6 Å². The molecule has 3 unspecified atom stereocenters. The summed E-state index contributed by atoms with van der Waals surface area (Å²) in [5.41, 5.74) is 3.29. The number of alkyl halides is 1. The Bertz CT molecular complexity index is 1320. The zero-order chi connectivity index (χ0) is 26.8. The van der Waals surface area contributed by atoms with Crippen LogP contribution in [0, 0.1) is 0 Å². The lowest BCUT2D eigenvalue weighted by Crippen LogP contribution is -2.47. The van der Waals surface area contributed by atoms with Crippen LogP contribution in [0.2, 0.25) is 0 Å². The molecule has 0 bridgehead atoms. The second-order valence-corrected chi connectivity index (χ2v) is 10.2. The van der Waals surface area contributed by atoms with Gasteiger partial charge < -0.3 is 15.5 Å². The molecule has 198 valence electrons. The van der Waals surface area contributed by atoms with Gasteiger partial charge in [-0.1, -0.05) is 68.4 Å². The molecule has 0 spiro atoms. The van der Waals surface area contributed by atoms with Crippen molar-refractivity contribution in [1.29, 1.82) is 0 Å². The fourth-order valence-corrected chi connectivity index (χ4v) is 5.12. The van der Waals surface area contributed by atoms with E-state index >= 15 is 0 Å². The summed E-state index contributed by atoms with van der Waals surface area (Å²) in [6.07, 6.45) is -0.743. The van der Waals surface area contributed by atoms with Crippen molar-refractivity contribution in [3.8, 4) is 0 Å². The van der Waals surface area contributed by atoms with E-state index in [0.717, 1.165) is 11.1 Å². The third-order valence-corrected chi connectivity index (χ3v) is 7.23. The molecular formula is C29H32FN5O3. The lowest BCUT2D eigenvalue weighted by Gasteiger charge is -2.26. The lowest BCUT2D eigenvalue weighted by molar-refractivity contribution is -0.125. The van der Waals surface area contributed by atoms with Crippen molar-refractivity contribution in [3.05, 3.63) is 88.7 Å². The number of likely N-dealkylation sites (tertiary alicyclic amines) is 1. The normalized spacial score (nSPS) is 20.0. The van der Waals surface area contributed by atoms with Crippen molar-refractivity contribution >= 4 is 17.7 Å². The van der Waals surface area contributed by atoms with E-state index in [1.165, 1.54) is 21.2 Å². The van der Waals surface area contributed by atoms with Crippen molar-refractivity contribution in [1.82, 2.24) is 25.3 Å². The third-order valence-electron chi connectivity index (χ3n) is 7.23. The van der Waals surface area contributed by atoms with E-state index in [1.807, 2.05) is 54.6 Å². The van der Waals surface area contributed by atoms with Crippen LogP contribution in [-0.4, -0.2) is 57.7 Å². The second kappa shape index (κ2) is 10.8. The van der Waals surface area contributed by atoms with Crippen molar-refractivity contribution in [2.24, 2.45) is 0 Å². The van der Waals surface area contributed by atoms with Gasteiger partial charge in [-0.05, 0) is 29.0 Å². The van der Waals surface area contributed by atoms with Crippen LogP contribution in [0.25, 0.3) is 0 Å². The van der Waals surface area contributed by atoms with E-state index in [4.69, 9.17) is 0 Å². The summed E-state index contributed by atoms with van der Waals surface area (Å²) in [6.45, 7) is 5.06. The van der Waals surface area contributed by atoms with Crippen LogP contribution in [-0.2, 0) is 11.3 Å². The molecule has 3 atom stereocenters. The molecule has 2 aliphatic rings. The molecule has 3 heterocycles. The van der Waals surface area contributed by atoms with Crippen molar-refractivity contribution in [3.63, 3.8) is 0 Å². The van der Waals surface area contributed by atoms with Crippen LogP contribution in [0.1, 0.15) is 76.3 Å². The summed E-state index contributed by atoms with van der Waals surface area (Å²) in [6, 6.07) is 17.6. The molecule has 0 radical (unpaired) electrons. The maximum Gasteiger partial charge on any atom is 0.275 e. The first-order chi connectivity index (χ1) is 18.3. The summed E-state index contributed by atoms with van der Waals surface area (Å²) in [4.78, 5) is 40.6. The number of carbonyl (C=O) groups excluding carboxylic acids is 3. The number of halogens is 1. The highest BCUT2D eigenvalue weighted by Gasteiger charge is 2.42. The van der Waals surface area contributed by atoms with Crippen LogP contribution in [0.15, 0.2) is 60.7 Å². The van der Waals surface area contributed by atoms with E-state index < -0.39 is 30.1 Å². The van der Waals surface area contributed by atoms with Crippen molar-refractivity contribution in [2.45, 2.75) is 57.4 Å². The van der Waals surface area contributed by atoms with Crippen LogP contribution in [0.3, 0.4) is 0 Å². The molecule has 1 aromatic heterocycles. The maximum atomic E-state index is 14.6. The molecule has 38 heavy (non-hydrogen) atoms. The Balaban J connectivity index is 1.39. The number of hydrogen-bond acceptors (Lipinski definition) is 4. The zero-order valence-electron chi connectivity index (χ0n) is 21.6. The van der Waals surface area contributed by atoms with Crippen LogP contribution in [0.5, 0.6) is 0 Å². The van der Waals surface area contributed by atoms with Gasteiger partial charge in [-0.25, -0.2) is 4.39 Å². The molecule has 2 aliphatic heterocycles. The van der Waals surface area contributed by atoms with Gasteiger partial charge in [0.1, 0.15) is 17.9 Å². The zero-order valence-corrected chi connectivity index (χ0v) is 21.6. The first-order valence-electron chi connectivity index (χ1n) is 13.1. The highest BCUT2D eigenvalue weighted by Crippen LogP contribution is 2.28. The predicted molar refractivity (Wildman–Crippen MR) is 140 cm³/mol. The Morgan fingerprint density at radius 3 is 2.45 bits per heavy atom. The van der Waals surface area contributed by atoms with E-state index in [1.54, 1.807) is 0 Å². The van der Waals surface area contributed by atoms with Gasteiger partial charge in [0.15, 0.2) is 5.69 Å². The highest BCUT2D eigenvalue weighted by molar-refractivity contribution is 6.00. The van der Waals surface area contributed by atoms with Gasteiger partial charge >= 0.3 is 0 Å². The topological polar surface area (TPSA) is 96.3 Å². The smallest absolute Gasteiger partial charge is 0.275 e. The summed E-state index contributed by atoms with van der Waals surface area (Å²) >= 11 is 0. The first-order valence-corrected chi connectivity index (χ1v) is 13.1. The Morgan fingerprint density at radius 1 is 1.05 bits per heavy atom. The molecule has 3 amide bonds. The molecule has 2 N–H and O–H groups in total. The van der Waals surface area contributed by atoms with Gasteiger partial charge in [0.05, 0.1) is 12.6 Å². The summed E-state index contributed by atoms with van der Waals surface area (Å²) in [5, 5.41) is 10.2. The molecule has 2 aromatic carbocycles.